The van der Waals surface area contributed by atoms with E-state index in [4.69, 9.17) is 16.4 Å². The van der Waals surface area contributed by atoms with Crippen molar-refractivity contribution >= 4 is 40.2 Å². The molecule has 134 valence electrons. The number of anilines is 1. The third-order valence-corrected chi connectivity index (χ3v) is 3.85. The Morgan fingerprint density at radius 1 is 1.23 bits per heavy atom. The van der Waals surface area contributed by atoms with Gasteiger partial charge in [-0.25, -0.2) is 4.79 Å². The average molecular weight is 375 g/mol. The highest BCUT2D eigenvalue weighted by molar-refractivity contribution is 6.30. The number of nitrogens with one attached hydrogen (secondary N) is 1. The van der Waals surface area contributed by atoms with Gasteiger partial charge in [0.25, 0.3) is 5.91 Å². The smallest absolute Gasteiger partial charge is 0.337 e. The second kappa shape index (κ2) is 7.40. The van der Waals surface area contributed by atoms with Crippen LogP contribution in [0.2, 0.25) is 5.02 Å². The van der Waals surface area contributed by atoms with Gasteiger partial charge in [-0.1, -0.05) is 16.4 Å². The number of ether oxygens (including phenoxy) is 1. The number of amides is 1. The molecule has 0 saturated heterocycles. The molecule has 3 rings (SSSR count). The molecule has 2 aromatic carbocycles. The van der Waals surface area contributed by atoms with E-state index < -0.39 is 5.97 Å². The predicted molar refractivity (Wildman–Crippen MR) is 95.1 cm³/mol. The molecule has 0 spiro atoms. The summed E-state index contributed by atoms with van der Waals surface area (Å²) in [5.41, 5.74) is 2.77. The van der Waals surface area contributed by atoms with Gasteiger partial charge < -0.3 is 14.9 Å². The highest BCUT2D eigenvalue weighted by Crippen LogP contribution is 2.19. The number of nitrogens with zero attached hydrogens (tertiary/aromatic N) is 3. The summed E-state index contributed by atoms with van der Waals surface area (Å²) in [7, 11) is 1.29. The number of aromatic nitrogens is 3. The molecule has 0 saturated carbocycles. The number of hydrogen-bond donors (Lipinski definition) is 1. The zero-order valence-electron chi connectivity index (χ0n) is 14.0. The minimum atomic E-state index is -0.490. The van der Waals surface area contributed by atoms with Crippen LogP contribution in [0.3, 0.4) is 0 Å². The van der Waals surface area contributed by atoms with Crippen molar-refractivity contribution in [1.82, 2.24) is 15.2 Å². The van der Waals surface area contributed by atoms with Crippen LogP contribution in [0, 0.1) is 6.92 Å². The maximum atomic E-state index is 12.1. The predicted octanol–water partition coefficient (Wildman–Crippen LogP) is 2.25. The van der Waals surface area contributed by atoms with Crippen LogP contribution in [-0.4, -0.2) is 40.8 Å². The Morgan fingerprint density at radius 2 is 2.04 bits per heavy atom. The lowest BCUT2D eigenvalue weighted by Gasteiger charge is -2.09. The van der Waals surface area contributed by atoms with E-state index in [0.717, 1.165) is 10.4 Å². The van der Waals surface area contributed by atoms with Gasteiger partial charge in [0.05, 0.1) is 12.7 Å². The molecule has 0 aliphatic carbocycles. The van der Waals surface area contributed by atoms with E-state index in [2.05, 4.69) is 20.4 Å². The Labute approximate surface area is 153 Å². The Kier molecular flexibility index (Phi) is 5.04. The van der Waals surface area contributed by atoms with Crippen LogP contribution >= 0.6 is 11.6 Å². The van der Waals surface area contributed by atoms with Gasteiger partial charge in [0.2, 0.25) is 0 Å². The van der Waals surface area contributed by atoms with Crippen molar-refractivity contribution < 1.29 is 19.2 Å². The maximum Gasteiger partial charge on any atom is 0.337 e. The van der Waals surface area contributed by atoms with E-state index in [0.29, 0.717) is 27.3 Å². The fourth-order valence-electron chi connectivity index (χ4n) is 2.31. The summed E-state index contributed by atoms with van der Waals surface area (Å²) in [5, 5.41) is 11.1. The van der Waals surface area contributed by atoms with Crippen molar-refractivity contribution in [1.29, 1.82) is 0 Å². The van der Waals surface area contributed by atoms with Crippen LogP contribution in [0.1, 0.15) is 15.9 Å². The Bertz CT molecular complexity index is 986. The van der Waals surface area contributed by atoms with Crippen LogP contribution in [0.5, 0.6) is 0 Å². The molecule has 0 fully saturated rings. The van der Waals surface area contributed by atoms with E-state index in [-0.39, 0.29) is 12.5 Å². The molecule has 0 aliphatic rings. The van der Waals surface area contributed by atoms with Crippen LogP contribution in [0.4, 0.5) is 5.69 Å². The van der Waals surface area contributed by atoms with Gasteiger partial charge in [-0.15, -0.1) is 5.10 Å². The molecule has 0 radical (unpaired) electrons. The van der Waals surface area contributed by atoms with Crippen LogP contribution in [0.15, 0.2) is 36.4 Å². The number of aryl methyl sites for hydroxylation is 1. The zero-order valence-corrected chi connectivity index (χ0v) is 14.8. The van der Waals surface area contributed by atoms with Crippen molar-refractivity contribution in [2.75, 3.05) is 19.0 Å². The number of halogens is 1. The van der Waals surface area contributed by atoms with E-state index >= 15 is 0 Å². The van der Waals surface area contributed by atoms with Gasteiger partial charge in [-0.05, 0) is 54.1 Å². The number of hydrogen-bond acceptors (Lipinski definition) is 6. The van der Waals surface area contributed by atoms with Gasteiger partial charge in [0, 0.05) is 10.7 Å². The Balaban J connectivity index is 1.70. The first-order valence-electron chi connectivity index (χ1n) is 7.61. The fraction of sp³-hybridized carbons (Fsp3) is 0.176. The lowest BCUT2D eigenvalue weighted by Crippen LogP contribution is -2.26. The molecule has 1 N–H and O–H groups in total. The SMILES string of the molecule is COC(=O)c1ccc2nnn(OCC(=O)Nc3ccc(Cl)cc3C)c2c1. The highest BCUT2D eigenvalue weighted by atomic mass is 35.5. The Hall–Kier alpha value is -3.13. The molecule has 1 heterocycles. The summed E-state index contributed by atoms with van der Waals surface area (Å²) in [6.07, 6.45) is 0. The molecule has 3 aromatic rings. The number of benzene rings is 2. The topological polar surface area (TPSA) is 95.3 Å². The largest absolute Gasteiger partial charge is 0.465 e. The number of rotatable bonds is 5. The van der Waals surface area contributed by atoms with Crippen molar-refractivity contribution in [3.05, 3.63) is 52.5 Å². The molecule has 8 nitrogen and oxygen atoms in total. The monoisotopic (exact) mass is 374 g/mol. The quantitative estimate of drug-likeness (QED) is 0.688. The van der Waals surface area contributed by atoms with Crippen LogP contribution < -0.4 is 10.2 Å². The standard InChI is InChI=1S/C17H15ClN4O4/c1-10-7-12(18)4-6-13(10)19-16(23)9-26-22-15-8-11(17(24)25-2)3-5-14(15)20-21-22/h3-8H,9H2,1-2H3,(H,19,23). The molecule has 0 aliphatic heterocycles. The highest BCUT2D eigenvalue weighted by Gasteiger charge is 2.13. The fourth-order valence-corrected chi connectivity index (χ4v) is 2.54. The summed E-state index contributed by atoms with van der Waals surface area (Å²) in [6, 6.07) is 9.86. The first-order valence-corrected chi connectivity index (χ1v) is 7.99. The molecular formula is C17H15ClN4O4. The lowest BCUT2D eigenvalue weighted by atomic mass is 10.2. The first kappa shape index (κ1) is 17.7. The summed E-state index contributed by atoms with van der Waals surface area (Å²) in [6.45, 7) is 1.55. The van der Waals surface area contributed by atoms with Crippen molar-refractivity contribution in [3.63, 3.8) is 0 Å². The number of fused-ring (bicyclic) bond motifs is 1. The molecule has 0 unspecified atom stereocenters. The second-order valence-corrected chi connectivity index (χ2v) is 5.87. The van der Waals surface area contributed by atoms with Crippen LogP contribution in [-0.2, 0) is 9.53 Å². The summed E-state index contributed by atoms with van der Waals surface area (Å²) in [5.74, 6) is -0.862. The third kappa shape index (κ3) is 3.75. The second-order valence-electron chi connectivity index (χ2n) is 5.44. The van der Waals surface area contributed by atoms with Gasteiger partial charge in [-0.2, -0.15) is 0 Å². The molecule has 1 aromatic heterocycles. The summed E-state index contributed by atoms with van der Waals surface area (Å²) >= 11 is 5.89. The minimum absolute atomic E-state index is 0.289. The number of carbonyl (C=O) groups is 2. The number of esters is 1. The van der Waals surface area contributed by atoms with Gasteiger partial charge in [-0.3, -0.25) is 4.79 Å². The molecule has 0 atom stereocenters. The lowest BCUT2D eigenvalue weighted by molar-refractivity contribution is -0.121. The van der Waals surface area contributed by atoms with Crippen molar-refractivity contribution in [2.24, 2.45) is 0 Å². The van der Waals surface area contributed by atoms with Gasteiger partial charge in [0.1, 0.15) is 11.0 Å². The molecular weight excluding hydrogens is 360 g/mol. The normalized spacial score (nSPS) is 10.6. The third-order valence-electron chi connectivity index (χ3n) is 3.62. The maximum absolute atomic E-state index is 12.1. The van der Waals surface area contributed by atoms with Gasteiger partial charge >= 0.3 is 5.97 Å². The number of carbonyl (C=O) groups excluding carboxylic acids is 2. The Morgan fingerprint density at radius 3 is 2.77 bits per heavy atom. The van der Waals surface area contributed by atoms with Crippen molar-refractivity contribution in [3.8, 4) is 0 Å². The van der Waals surface area contributed by atoms with E-state index in [1.807, 2.05) is 6.92 Å². The van der Waals surface area contributed by atoms with Crippen LogP contribution in [0.25, 0.3) is 11.0 Å². The van der Waals surface area contributed by atoms with Gasteiger partial charge in [0.15, 0.2) is 6.61 Å². The van der Waals surface area contributed by atoms with E-state index in [1.165, 1.54) is 13.2 Å². The average Bonchev–Trinajstić information content (AvgIpc) is 3.04. The zero-order chi connectivity index (χ0) is 18.7. The summed E-state index contributed by atoms with van der Waals surface area (Å²) in [4.78, 5) is 30.2. The molecule has 0 bridgehead atoms. The molecule has 26 heavy (non-hydrogen) atoms. The summed E-state index contributed by atoms with van der Waals surface area (Å²) < 4.78 is 4.68. The first-order chi connectivity index (χ1) is 12.5. The van der Waals surface area contributed by atoms with E-state index in [9.17, 15) is 9.59 Å². The van der Waals surface area contributed by atoms with Crippen molar-refractivity contribution in [2.45, 2.75) is 6.92 Å². The minimum Gasteiger partial charge on any atom is -0.465 e. The van der Waals surface area contributed by atoms with E-state index in [1.54, 1.807) is 30.3 Å². The molecule has 9 heteroatoms. The number of methoxy groups -OCH3 is 1. The molecule has 1 amide bonds.